The number of thiol groups is 1. The molecule has 1 aliphatic carbocycles. The van der Waals surface area contributed by atoms with E-state index in [1.165, 1.54) is 12.8 Å². The Morgan fingerprint density at radius 3 is 2.55 bits per heavy atom. The molecule has 0 heterocycles. The molecular weight excluding hydrogens is 313 g/mol. The maximum atomic E-state index is 11.8. The normalized spacial score (nSPS) is 28.9. The molecule has 1 saturated carbocycles. The third-order valence-corrected chi connectivity index (χ3v) is 4.83. The van der Waals surface area contributed by atoms with E-state index in [9.17, 15) is 4.89 Å². The lowest BCUT2D eigenvalue weighted by Gasteiger charge is -2.40. The lowest BCUT2D eigenvalue weighted by Crippen LogP contribution is -2.46. The van der Waals surface area contributed by atoms with E-state index in [-0.39, 0.29) is 6.10 Å². The fourth-order valence-electron chi connectivity index (χ4n) is 3.04. The molecule has 0 bridgehead atoms. The number of quaternary nitrogens is 1. The number of ether oxygens (including phenoxy) is 1. The van der Waals surface area contributed by atoms with Crippen molar-refractivity contribution in [3.05, 3.63) is 0 Å². The number of methoxy groups -OCH3 is 1. The molecule has 0 saturated heterocycles. The Morgan fingerprint density at radius 1 is 1.40 bits per heavy atom. The van der Waals surface area contributed by atoms with Gasteiger partial charge in [-0.15, -0.1) is 12.2 Å². The largest absolute Gasteiger partial charge is 0.793 e. The standard InChI is InChI=1S/C13H28NO3PS2/c1-14(2,3)9-13(17-18(15,19)20)12-7-5-6-11(8-12)10-16-4/h11-13H,5-10H2,1-4H3,(H-,15,19,20). The van der Waals surface area contributed by atoms with E-state index in [1.54, 1.807) is 7.11 Å². The second-order valence-electron chi connectivity index (χ2n) is 6.83. The van der Waals surface area contributed by atoms with Gasteiger partial charge in [-0.3, -0.25) is 0 Å². The number of nitrogens with zero attached hydrogens (tertiary/aromatic N) is 1. The molecule has 0 amide bonds. The zero-order valence-electron chi connectivity index (χ0n) is 12.9. The van der Waals surface area contributed by atoms with Crippen LogP contribution in [0.25, 0.3) is 0 Å². The van der Waals surface area contributed by atoms with Crippen LogP contribution in [0.15, 0.2) is 0 Å². The van der Waals surface area contributed by atoms with E-state index >= 15 is 0 Å². The zero-order chi connectivity index (χ0) is 15.4. The molecule has 0 aliphatic heterocycles. The van der Waals surface area contributed by atoms with Gasteiger partial charge in [0.2, 0.25) is 0 Å². The average molecular weight is 341 g/mol. The Balaban J connectivity index is 2.73. The van der Waals surface area contributed by atoms with Crippen LogP contribution in [0.1, 0.15) is 25.7 Å². The van der Waals surface area contributed by atoms with Gasteiger partial charge < -0.3 is 18.6 Å². The van der Waals surface area contributed by atoms with E-state index < -0.39 is 5.69 Å². The van der Waals surface area contributed by atoms with Crippen LogP contribution in [0.5, 0.6) is 0 Å². The van der Waals surface area contributed by atoms with E-state index in [4.69, 9.17) is 21.1 Å². The van der Waals surface area contributed by atoms with Crippen LogP contribution in [-0.2, 0) is 21.1 Å². The van der Waals surface area contributed by atoms with Crippen LogP contribution in [0.3, 0.4) is 0 Å². The fourth-order valence-corrected chi connectivity index (χ4v) is 4.31. The van der Waals surface area contributed by atoms with Gasteiger partial charge in [-0.05, 0) is 31.1 Å². The van der Waals surface area contributed by atoms with Gasteiger partial charge >= 0.3 is 0 Å². The molecule has 0 radical (unpaired) electrons. The Labute approximate surface area is 133 Å². The van der Waals surface area contributed by atoms with Crippen molar-refractivity contribution in [1.82, 2.24) is 0 Å². The van der Waals surface area contributed by atoms with Crippen molar-refractivity contribution in [3.8, 4) is 0 Å². The molecule has 4 nitrogen and oxygen atoms in total. The third kappa shape index (κ3) is 7.74. The van der Waals surface area contributed by atoms with Crippen molar-refractivity contribution in [1.29, 1.82) is 0 Å². The summed E-state index contributed by atoms with van der Waals surface area (Å²) in [5.74, 6) is 0.964. The van der Waals surface area contributed by atoms with Gasteiger partial charge in [-0.1, -0.05) is 18.2 Å². The van der Waals surface area contributed by atoms with E-state index in [1.807, 2.05) is 0 Å². The van der Waals surface area contributed by atoms with Crippen LogP contribution in [0.2, 0.25) is 0 Å². The number of hydrogen-bond acceptors (Lipinski definition) is 4. The topological polar surface area (TPSA) is 41.5 Å². The van der Waals surface area contributed by atoms with E-state index in [2.05, 4.69) is 33.4 Å². The van der Waals surface area contributed by atoms with Crippen LogP contribution in [-0.4, -0.2) is 52.0 Å². The highest BCUT2D eigenvalue weighted by Crippen LogP contribution is 2.47. The molecule has 120 valence electrons. The first kappa shape index (κ1) is 18.9. The minimum absolute atomic E-state index is 0.0875. The highest BCUT2D eigenvalue weighted by Gasteiger charge is 2.33. The highest BCUT2D eigenvalue weighted by atomic mass is 32.9. The van der Waals surface area contributed by atoms with Gasteiger partial charge in [-0.2, -0.15) is 0 Å². The summed E-state index contributed by atoms with van der Waals surface area (Å²) in [6.07, 6.45) is 4.45. The molecule has 20 heavy (non-hydrogen) atoms. The summed E-state index contributed by atoms with van der Waals surface area (Å²) in [6.45, 7) is 1.59. The van der Waals surface area contributed by atoms with Crippen molar-refractivity contribution in [2.24, 2.45) is 11.8 Å². The van der Waals surface area contributed by atoms with Gasteiger partial charge in [0, 0.05) is 19.4 Å². The molecule has 4 unspecified atom stereocenters. The first-order valence-electron chi connectivity index (χ1n) is 7.12. The molecule has 0 N–H and O–H groups in total. The molecule has 7 heteroatoms. The Morgan fingerprint density at radius 2 is 2.05 bits per heavy atom. The monoisotopic (exact) mass is 341 g/mol. The van der Waals surface area contributed by atoms with Gasteiger partial charge in [0.1, 0.15) is 12.6 Å². The van der Waals surface area contributed by atoms with Crippen LogP contribution in [0.4, 0.5) is 0 Å². The molecule has 1 fully saturated rings. The number of rotatable bonds is 7. The quantitative estimate of drug-likeness (QED) is 0.437. The summed E-state index contributed by atoms with van der Waals surface area (Å²) in [6, 6.07) is 0. The van der Waals surface area contributed by atoms with E-state index in [0.29, 0.717) is 11.8 Å². The van der Waals surface area contributed by atoms with Crippen molar-refractivity contribution < 1.29 is 18.6 Å². The summed E-state index contributed by atoms with van der Waals surface area (Å²) in [5, 5.41) is 0. The van der Waals surface area contributed by atoms with E-state index in [0.717, 1.165) is 30.5 Å². The predicted octanol–water partition coefficient (Wildman–Crippen LogP) is 2.05. The fraction of sp³-hybridized carbons (Fsp3) is 1.00. The Hall–Kier alpha value is 0.840. The van der Waals surface area contributed by atoms with Gasteiger partial charge in [-0.25, -0.2) is 0 Å². The SMILES string of the molecule is COCC1CCCC(C(C[N+](C)(C)C)OP([O-])(=S)S)C1. The maximum Gasteiger partial charge on any atom is 0.114 e. The van der Waals surface area contributed by atoms with Crippen molar-refractivity contribution >= 4 is 29.7 Å². The lowest BCUT2D eigenvalue weighted by molar-refractivity contribution is -0.873. The lowest BCUT2D eigenvalue weighted by atomic mass is 9.79. The van der Waals surface area contributed by atoms with Gasteiger partial charge in [0.15, 0.2) is 0 Å². The van der Waals surface area contributed by atoms with Crippen LogP contribution < -0.4 is 4.89 Å². The van der Waals surface area contributed by atoms with Crippen molar-refractivity contribution in [3.63, 3.8) is 0 Å². The van der Waals surface area contributed by atoms with Gasteiger partial charge in [0.05, 0.1) is 21.1 Å². The zero-order valence-corrected chi connectivity index (χ0v) is 15.6. The Bertz CT molecular complexity index is 341. The summed E-state index contributed by atoms with van der Waals surface area (Å²) in [7, 11) is 8.07. The minimum atomic E-state index is -3.17. The minimum Gasteiger partial charge on any atom is -0.793 e. The number of likely N-dealkylation sites (N-methyl/N-ethyl adjacent to an activating group) is 1. The first-order valence-corrected chi connectivity index (χ1v) is 10.9. The summed E-state index contributed by atoms with van der Waals surface area (Å²) in [4.78, 5) is 11.8. The summed E-state index contributed by atoms with van der Waals surface area (Å²) >= 11 is 8.81. The Kier molecular flexibility index (Phi) is 7.47. The highest BCUT2D eigenvalue weighted by molar-refractivity contribution is 8.59. The number of hydrogen-bond donors (Lipinski definition) is 1. The molecule has 0 aromatic heterocycles. The van der Waals surface area contributed by atoms with Gasteiger partial charge in [0.25, 0.3) is 0 Å². The van der Waals surface area contributed by atoms with Crippen molar-refractivity contribution in [2.45, 2.75) is 31.8 Å². The molecule has 1 rings (SSSR count). The second-order valence-corrected chi connectivity index (χ2v) is 11.8. The summed E-state index contributed by atoms with van der Waals surface area (Å²) in [5.41, 5.74) is -3.17. The molecule has 0 aromatic carbocycles. The predicted molar refractivity (Wildman–Crippen MR) is 88.4 cm³/mol. The molecule has 0 spiro atoms. The van der Waals surface area contributed by atoms with Crippen LogP contribution >= 0.6 is 17.9 Å². The maximum absolute atomic E-state index is 11.8. The summed E-state index contributed by atoms with van der Waals surface area (Å²) < 4.78 is 11.7. The molecular formula is C13H28NO3PS2. The van der Waals surface area contributed by atoms with Crippen LogP contribution in [0, 0.1) is 11.8 Å². The smallest absolute Gasteiger partial charge is 0.114 e. The van der Waals surface area contributed by atoms with Crippen molar-refractivity contribution in [2.75, 3.05) is 41.4 Å². The third-order valence-electron chi connectivity index (χ3n) is 3.75. The average Bonchev–Trinajstić information content (AvgIpc) is 2.25. The first-order chi connectivity index (χ1) is 9.11. The molecule has 1 aliphatic rings. The molecule has 4 atom stereocenters. The second kappa shape index (κ2) is 7.91. The molecule has 0 aromatic rings.